The average Bonchev–Trinajstić information content (AvgIpc) is 2.28. The standard InChI is InChI=1S/C10H10N2O3/c1-2-14-10(13)7-4-3-5-9-8(7)6-11-12-15-9/h3-6,12H,2H2,1H3. The molecule has 0 fully saturated rings. The summed E-state index contributed by atoms with van der Waals surface area (Å²) in [5.41, 5.74) is 3.45. The Labute approximate surface area is 86.6 Å². The number of hydrogen-bond acceptors (Lipinski definition) is 5. The molecule has 0 amide bonds. The van der Waals surface area contributed by atoms with Gasteiger partial charge in [0, 0.05) is 0 Å². The van der Waals surface area contributed by atoms with Crippen molar-refractivity contribution < 1.29 is 14.4 Å². The van der Waals surface area contributed by atoms with E-state index in [1.54, 1.807) is 25.1 Å². The Kier molecular flexibility index (Phi) is 2.53. The Morgan fingerprint density at radius 1 is 1.60 bits per heavy atom. The van der Waals surface area contributed by atoms with Crippen LogP contribution in [0.2, 0.25) is 0 Å². The molecule has 0 aliphatic carbocycles. The molecule has 1 aliphatic rings. The summed E-state index contributed by atoms with van der Waals surface area (Å²) in [6.07, 6.45) is 1.53. The van der Waals surface area contributed by atoms with Gasteiger partial charge in [-0.2, -0.15) is 5.10 Å². The van der Waals surface area contributed by atoms with Crippen LogP contribution in [0.15, 0.2) is 23.3 Å². The van der Waals surface area contributed by atoms with Crippen LogP contribution >= 0.6 is 0 Å². The first-order valence-electron chi connectivity index (χ1n) is 4.58. The second kappa shape index (κ2) is 4.00. The Morgan fingerprint density at radius 2 is 2.47 bits per heavy atom. The molecule has 0 radical (unpaired) electrons. The molecule has 15 heavy (non-hydrogen) atoms. The fraction of sp³-hybridized carbons (Fsp3) is 0.200. The van der Waals surface area contributed by atoms with Gasteiger partial charge in [-0.05, 0) is 19.1 Å². The highest BCUT2D eigenvalue weighted by Gasteiger charge is 2.17. The molecular formula is C10H10N2O3. The topological polar surface area (TPSA) is 59.9 Å². The van der Waals surface area contributed by atoms with Crippen LogP contribution in [-0.2, 0) is 4.74 Å². The van der Waals surface area contributed by atoms with Gasteiger partial charge in [0.25, 0.3) is 0 Å². The Morgan fingerprint density at radius 3 is 3.27 bits per heavy atom. The number of hydrazone groups is 1. The van der Waals surface area contributed by atoms with Gasteiger partial charge in [0.15, 0.2) is 5.75 Å². The van der Waals surface area contributed by atoms with Crippen LogP contribution in [0.4, 0.5) is 0 Å². The van der Waals surface area contributed by atoms with Crippen LogP contribution < -0.4 is 10.4 Å². The molecular weight excluding hydrogens is 196 g/mol. The van der Waals surface area contributed by atoms with Crippen LogP contribution in [0.25, 0.3) is 0 Å². The Hall–Kier alpha value is -2.04. The third kappa shape index (κ3) is 1.76. The molecule has 1 N–H and O–H groups in total. The molecule has 0 aromatic heterocycles. The molecule has 5 heteroatoms. The molecule has 5 nitrogen and oxygen atoms in total. The number of carbonyl (C=O) groups excluding carboxylic acids is 1. The highest BCUT2D eigenvalue weighted by atomic mass is 16.7. The number of esters is 1. The van der Waals surface area contributed by atoms with Crippen molar-refractivity contribution in [2.75, 3.05) is 6.61 Å². The van der Waals surface area contributed by atoms with Gasteiger partial charge in [0.05, 0.1) is 23.9 Å². The molecule has 1 heterocycles. The van der Waals surface area contributed by atoms with Gasteiger partial charge >= 0.3 is 5.97 Å². The molecule has 0 unspecified atom stereocenters. The molecule has 1 aromatic rings. The monoisotopic (exact) mass is 206 g/mol. The highest BCUT2D eigenvalue weighted by molar-refractivity contribution is 6.01. The molecule has 1 aromatic carbocycles. The smallest absolute Gasteiger partial charge is 0.338 e. The fourth-order valence-corrected chi connectivity index (χ4v) is 1.32. The first-order chi connectivity index (χ1) is 7.33. The first kappa shape index (κ1) is 9.51. The van der Waals surface area contributed by atoms with E-state index in [9.17, 15) is 4.79 Å². The number of rotatable bonds is 2. The zero-order valence-electron chi connectivity index (χ0n) is 8.19. The second-order valence-corrected chi connectivity index (χ2v) is 2.89. The highest BCUT2D eigenvalue weighted by Crippen LogP contribution is 2.22. The maximum atomic E-state index is 11.6. The minimum Gasteiger partial charge on any atom is -0.462 e. The van der Waals surface area contributed by atoms with Crippen molar-refractivity contribution in [3.8, 4) is 5.75 Å². The molecule has 0 saturated heterocycles. The molecule has 0 spiro atoms. The number of nitrogens with zero attached hydrogens (tertiary/aromatic N) is 1. The summed E-state index contributed by atoms with van der Waals surface area (Å²) in [4.78, 5) is 16.6. The number of fused-ring (bicyclic) bond motifs is 1. The SMILES string of the molecule is CCOC(=O)c1cccc2c1C=NNO2. The molecule has 78 valence electrons. The van der Waals surface area contributed by atoms with Crippen molar-refractivity contribution in [2.24, 2.45) is 5.10 Å². The van der Waals surface area contributed by atoms with Crippen molar-refractivity contribution in [1.29, 1.82) is 0 Å². The summed E-state index contributed by atoms with van der Waals surface area (Å²) in [7, 11) is 0. The van der Waals surface area contributed by atoms with Crippen LogP contribution in [0, 0.1) is 0 Å². The Bertz CT molecular complexity index is 415. The van der Waals surface area contributed by atoms with E-state index in [-0.39, 0.29) is 5.97 Å². The minimum absolute atomic E-state index is 0.346. The molecule has 1 aliphatic heterocycles. The van der Waals surface area contributed by atoms with E-state index in [1.165, 1.54) is 6.21 Å². The van der Waals surface area contributed by atoms with Crippen molar-refractivity contribution >= 4 is 12.2 Å². The minimum atomic E-state index is -0.369. The summed E-state index contributed by atoms with van der Waals surface area (Å²) in [6.45, 7) is 2.11. The number of carbonyl (C=O) groups is 1. The van der Waals surface area contributed by atoms with E-state index < -0.39 is 0 Å². The van der Waals surface area contributed by atoms with E-state index in [1.807, 2.05) is 0 Å². The lowest BCUT2D eigenvalue weighted by Gasteiger charge is -2.13. The van der Waals surface area contributed by atoms with E-state index in [0.29, 0.717) is 23.5 Å². The zero-order chi connectivity index (χ0) is 10.7. The number of ether oxygens (including phenoxy) is 1. The van der Waals surface area contributed by atoms with Gasteiger partial charge in [-0.3, -0.25) is 0 Å². The summed E-state index contributed by atoms with van der Waals surface area (Å²) in [6, 6.07) is 5.15. The predicted molar refractivity (Wildman–Crippen MR) is 53.8 cm³/mol. The summed E-state index contributed by atoms with van der Waals surface area (Å²) in [5, 5.41) is 3.72. The average molecular weight is 206 g/mol. The lowest BCUT2D eigenvalue weighted by molar-refractivity contribution is 0.0525. The third-order valence-corrected chi connectivity index (χ3v) is 1.96. The van der Waals surface area contributed by atoms with E-state index in [2.05, 4.69) is 10.7 Å². The normalized spacial score (nSPS) is 12.3. The van der Waals surface area contributed by atoms with E-state index in [4.69, 9.17) is 9.57 Å². The van der Waals surface area contributed by atoms with Crippen LogP contribution in [0.3, 0.4) is 0 Å². The van der Waals surface area contributed by atoms with E-state index in [0.717, 1.165) is 0 Å². The van der Waals surface area contributed by atoms with Gasteiger partial charge in [-0.1, -0.05) is 6.07 Å². The van der Waals surface area contributed by atoms with Crippen molar-refractivity contribution in [2.45, 2.75) is 6.92 Å². The van der Waals surface area contributed by atoms with Crippen molar-refractivity contribution in [3.63, 3.8) is 0 Å². The Balaban J connectivity index is 2.40. The van der Waals surface area contributed by atoms with Gasteiger partial charge in [-0.15, -0.1) is 5.59 Å². The molecule has 0 saturated carbocycles. The number of benzene rings is 1. The van der Waals surface area contributed by atoms with Crippen LogP contribution in [0.1, 0.15) is 22.8 Å². The maximum absolute atomic E-state index is 11.6. The maximum Gasteiger partial charge on any atom is 0.338 e. The van der Waals surface area contributed by atoms with E-state index >= 15 is 0 Å². The number of nitrogens with one attached hydrogen (secondary N) is 1. The summed E-state index contributed by atoms with van der Waals surface area (Å²) in [5.74, 6) is 0.196. The van der Waals surface area contributed by atoms with Crippen LogP contribution in [0.5, 0.6) is 5.75 Å². The van der Waals surface area contributed by atoms with Crippen LogP contribution in [-0.4, -0.2) is 18.8 Å². The quantitative estimate of drug-likeness (QED) is 0.736. The largest absolute Gasteiger partial charge is 0.462 e. The first-order valence-corrected chi connectivity index (χ1v) is 4.58. The third-order valence-electron chi connectivity index (χ3n) is 1.96. The number of hydrogen-bond donors (Lipinski definition) is 1. The fourth-order valence-electron chi connectivity index (χ4n) is 1.32. The van der Waals surface area contributed by atoms with Crippen molar-refractivity contribution in [1.82, 2.24) is 5.59 Å². The molecule has 2 rings (SSSR count). The van der Waals surface area contributed by atoms with Crippen molar-refractivity contribution in [3.05, 3.63) is 29.3 Å². The summed E-state index contributed by atoms with van der Waals surface area (Å²) < 4.78 is 4.92. The second-order valence-electron chi connectivity index (χ2n) is 2.89. The van der Waals surface area contributed by atoms with Gasteiger partial charge in [0.2, 0.25) is 0 Å². The van der Waals surface area contributed by atoms with Gasteiger partial charge in [0.1, 0.15) is 0 Å². The zero-order valence-corrected chi connectivity index (χ0v) is 8.19. The lowest BCUT2D eigenvalue weighted by Crippen LogP contribution is -2.19. The van der Waals surface area contributed by atoms with Gasteiger partial charge in [-0.25, -0.2) is 4.79 Å². The predicted octanol–water partition coefficient (Wildman–Crippen LogP) is 1.09. The van der Waals surface area contributed by atoms with Gasteiger partial charge < -0.3 is 9.57 Å². The molecule has 0 bridgehead atoms. The lowest BCUT2D eigenvalue weighted by atomic mass is 10.1. The molecule has 0 atom stereocenters. The summed E-state index contributed by atoms with van der Waals surface area (Å²) >= 11 is 0.